The van der Waals surface area contributed by atoms with Crippen molar-refractivity contribution in [2.45, 2.75) is 6.54 Å². The standard InChI is InChI=1S/C10H8N2O4/c13-7(8-2-1-5-16-8)6-12-10(15)4-3-9(14)11-12/h1-5H,6H2,(H,11,14). The molecule has 2 aromatic heterocycles. The van der Waals surface area contributed by atoms with Crippen molar-refractivity contribution in [1.82, 2.24) is 9.78 Å². The molecule has 0 bridgehead atoms. The SMILES string of the molecule is O=C(Cn1[nH]c(=O)ccc1=O)c1ccco1. The van der Waals surface area contributed by atoms with Crippen molar-refractivity contribution in [3.63, 3.8) is 0 Å². The van der Waals surface area contributed by atoms with Crippen LogP contribution >= 0.6 is 0 Å². The minimum Gasteiger partial charge on any atom is -0.461 e. The fourth-order valence-electron chi connectivity index (χ4n) is 1.24. The lowest BCUT2D eigenvalue weighted by Gasteiger charge is -2.01. The Hall–Kier alpha value is -2.37. The van der Waals surface area contributed by atoms with Gasteiger partial charge >= 0.3 is 0 Å². The topological polar surface area (TPSA) is 85.1 Å². The van der Waals surface area contributed by atoms with Crippen LogP contribution in [-0.2, 0) is 6.54 Å². The third-order valence-electron chi connectivity index (χ3n) is 1.99. The highest BCUT2D eigenvalue weighted by Crippen LogP contribution is 2.01. The summed E-state index contributed by atoms with van der Waals surface area (Å²) in [5.41, 5.74) is -0.883. The maximum atomic E-state index is 11.6. The van der Waals surface area contributed by atoms with Crippen LogP contribution in [-0.4, -0.2) is 15.6 Å². The van der Waals surface area contributed by atoms with Crippen molar-refractivity contribution in [2.24, 2.45) is 0 Å². The lowest BCUT2D eigenvalue weighted by molar-refractivity contribution is 0.0938. The molecule has 2 heterocycles. The summed E-state index contributed by atoms with van der Waals surface area (Å²) in [6.45, 7) is -0.248. The second-order valence-corrected chi connectivity index (χ2v) is 3.13. The number of hydrogen-bond donors (Lipinski definition) is 1. The highest BCUT2D eigenvalue weighted by molar-refractivity contribution is 5.93. The van der Waals surface area contributed by atoms with Crippen molar-refractivity contribution in [2.75, 3.05) is 0 Å². The minimum atomic E-state index is -0.445. The zero-order valence-corrected chi connectivity index (χ0v) is 8.17. The molecule has 6 heteroatoms. The van der Waals surface area contributed by atoms with Gasteiger partial charge in [-0.2, -0.15) is 0 Å². The van der Waals surface area contributed by atoms with Gasteiger partial charge in [0.15, 0.2) is 5.76 Å². The molecular formula is C10H8N2O4. The van der Waals surface area contributed by atoms with E-state index >= 15 is 0 Å². The van der Waals surface area contributed by atoms with Gasteiger partial charge in [-0.3, -0.25) is 19.5 Å². The first-order chi connectivity index (χ1) is 7.66. The maximum Gasteiger partial charge on any atom is 0.265 e. The number of aromatic amines is 1. The predicted octanol–water partition coefficient (Wildman–Crippen LogP) is 0.0125. The van der Waals surface area contributed by atoms with Gasteiger partial charge in [0.2, 0.25) is 5.78 Å². The van der Waals surface area contributed by atoms with E-state index in [1.165, 1.54) is 12.3 Å². The predicted molar refractivity (Wildman–Crippen MR) is 54.4 cm³/mol. The van der Waals surface area contributed by atoms with E-state index in [1.807, 2.05) is 0 Å². The molecule has 0 fully saturated rings. The summed E-state index contributed by atoms with van der Waals surface area (Å²) >= 11 is 0. The van der Waals surface area contributed by atoms with Crippen LogP contribution in [0.2, 0.25) is 0 Å². The molecule has 6 nitrogen and oxygen atoms in total. The molecule has 2 rings (SSSR count). The van der Waals surface area contributed by atoms with Crippen molar-refractivity contribution in [3.8, 4) is 0 Å². The average molecular weight is 220 g/mol. The Balaban J connectivity index is 2.28. The highest BCUT2D eigenvalue weighted by atomic mass is 16.3. The number of nitrogens with one attached hydrogen (secondary N) is 1. The van der Waals surface area contributed by atoms with Crippen LogP contribution in [0.25, 0.3) is 0 Å². The number of Topliss-reactive ketones (excluding diaryl/α,β-unsaturated/α-hetero) is 1. The molecule has 0 aliphatic rings. The monoisotopic (exact) mass is 220 g/mol. The third-order valence-corrected chi connectivity index (χ3v) is 1.99. The van der Waals surface area contributed by atoms with Crippen LogP contribution in [0, 0.1) is 0 Å². The summed E-state index contributed by atoms with van der Waals surface area (Å²) in [6, 6.07) is 5.28. The van der Waals surface area contributed by atoms with Crippen LogP contribution < -0.4 is 11.1 Å². The van der Waals surface area contributed by atoms with Crippen LogP contribution in [0.4, 0.5) is 0 Å². The molecule has 0 aliphatic carbocycles. The number of hydrogen-bond acceptors (Lipinski definition) is 4. The molecule has 82 valence electrons. The quantitative estimate of drug-likeness (QED) is 0.738. The van der Waals surface area contributed by atoms with Crippen LogP contribution in [0.15, 0.2) is 44.5 Å². The first-order valence-corrected chi connectivity index (χ1v) is 4.54. The van der Waals surface area contributed by atoms with Gasteiger partial charge in [-0.05, 0) is 12.1 Å². The molecule has 0 aromatic carbocycles. The number of aromatic nitrogens is 2. The van der Waals surface area contributed by atoms with E-state index in [-0.39, 0.29) is 18.1 Å². The first kappa shape index (κ1) is 10.2. The van der Waals surface area contributed by atoms with E-state index < -0.39 is 11.1 Å². The second kappa shape index (κ2) is 4.01. The Morgan fingerprint density at radius 3 is 2.81 bits per heavy atom. The molecule has 0 saturated carbocycles. The molecule has 2 aromatic rings. The van der Waals surface area contributed by atoms with Crippen molar-refractivity contribution in [3.05, 3.63) is 57.0 Å². The van der Waals surface area contributed by atoms with Crippen molar-refractivity contribution < 1.29 is 9.21 Å². The minimum absolute atomic E-state index is 0.150. The van der Waals surface area contributed by atoms with Crippen molar-refractivity contribution >= 4 is 5.78 Å². The van der Waals surface area contributed by atoms with Gasteiger partial charge in [0.1, 0.15) is 6.54 Å². The van der Waals surface area contributed by atoms with Crippen LogP contribution in [0.1, 0.15) is 10.6 Å². The van der Waals surface area contributed by atoms with Gasteiger partial charge in [-0.15, -0.1) is 0 Å². The molecule has 0 amide bonds. The summed E-state index contributed by atoms with van der Waals surface area (Å²) in [5, 5.41) is 2.25. The third kappa shape index (κ3) is 2.00. The molecule has 1 N–H and O–H groups in total. The number of nitrogens with zero attached hydrogens (tertiary/aromatic N) is 1. The number of rotatable bonds is 3. The average Bonchev–Trinajstić information content (AvgIpc) is 2.76. The molecule has 0 unspecified atom stereocenters. The molecule has 0 radical (unpaired) electrons. The Morgan fingerprint density at radius 2 is 2.12 bits per heavy atom. The first-order valence-electron chi connectivity index (χ1n) is 4.54. The fourth-order valence-corrected chi connectivity index (χ4v) is 1.24. The summed E-state index contributed by atoms with van der Waals surface area (Å²) < 4.78 is 5.82. The number of carbonyl (C=O) groups excluding carboxylic acids is 1. The summed E-state index contributed by atoms with van der Waals surface area (Å²) in [5.74, 6) is -0.231. The van der Waals surface area contributed by atoms with Gasteiger partial charge in [0, 0.05) is 12.1 Å². The number of H-pyrrole nitrogens is 1. The molecule has 16 heavy (non-hydrogen) atoms. The number of carbonyl (C=O) groups is 1. The fraction of sp³-hybridized carbons (Fsp3) is 0.100. The zero-order chi connectivity index (χ0) is 11.5. The Labute approximate surface area is 89.1 Å². The molecular weight excluding hydrogens is 212 g/mol. The van der Waals surface area contributed by atoms with Gasteiger partial charge < -0.3 is 4.42 Å². The normalized spacial score (nSPS) is 10.2. The van der Waals surface area contributed by atoms with Crippen LogP contribution in [0.5, 0.6) is 0 Å². The maximum absolute atomic E-state index is 11.6. The summed E-state index contributed by atoms with van der Waals surface area (Å²) in [6.07, 6.45) is 1.36. The second-order valence-electron chi connectivity index (χ2n) is 3.13. The Kier molecular flexibility index (Phi) is 2.55. The van der Waals surface area contributed by atoms with E-state index in [0.29, 0.717) is 0 Å². The van der Waals surface area contributed by atoms with Gasteiger partial charge in [0.25, 0.3) is 11.1 Å². The smallest absolute Gasteiger partial charge is 0.265 e. The van der Waals surface area contributed by atoms with E-state index in [2.05, 4.69) is 5.10 Å². The highest BCUT2D eigenvalue weighted by Gasteiger charge is 2.10. The summed E-state index contributed by atoms with van der Waals surface area (Å²) in [4.78, 5) is 33.8. The molecule has 0 spiro atoms. The lowest BCUT2D eigenvalue weighted by Crippen LogP contribution is -2.30. The van der Waals surface area contributed by atoms with Crippen LogP contribution in [0.3, 0.4) is 0 Å². The zero-order valence-electron chi connectivity index (χ0n) is 8.17. The molecule has 0 saturated heterocycles. The van der Waals surface area contributed by atoms with E-state index in [0.717, 1.165) is 16.8 Å². The van der Waals surface area contributed by atoms with E-state index in [1.54, 1.807) is 6.07 Å². The Morgan fingerprint density at radius 1 is 1.31 bits per heavy atom. The summed E-state index contributed by atoms with van der Waals surface area (Å²) in [7, 11) is 0. The van der Waals surface area contributed by atoms with Gasteiger partial charge in [0.05, 0.1) is 6.26 Å². The largest absolute Gasteiger partial charge is 0.461 e. The number of ketones is 1. The lowest BCUT2D eigenvalue weighted by atomic mass is 10.3. The van der Waals surface area contributed by atoms with E-state index in [9.17, 15) is 14.4 Å². The van der Waals surface area contributed by atoms with Gasteiger partial charge in [-0.25, -0.2) is 4.68 Å². The molecule has 0 aliphatic heterocycles. The molecule has 0 atom stereocenters. The van der Waals surface area contributed by atoms with Gasteiger partial charge in [-0.1, -0.05) is 0 Å². The van der Waals surface area contributed by atoms with E-state index in [4.69, 9.17) is 4.42 Å². The number of furan rings is 1. The Bertz CT molecular complexity index is 606. The van der Waals surface area contributed by atoms with Crippen molar-refractivity contribution in [1.29, 1.82) is 0 Å².